The van der Waals surface area contributed by atoms with Crippen LogP contribution in [0.3, 0.4) is 0 Å². The summed E-state index contributed by atoms with van der Waals surface area (Å²) >= 11 is 0. The van der Waals surface area contributed by atoms with Gasteiger partial charge in [-0.3, -0.25) is 8.98 Å². The maximum absolute atomic E-state index is 10.9. The average Bonchev–Trinajstić information content (AvgIpc) is 1.81. The zero-order valence-electron chi connectivity index (χ0n) is 6.98. The van der Waals surface area contributed by atoms with Gasteiger partial charge in [-0.25, -0.2) is 0 Å². The quantitative estimate of drug-likeness (QED) is 0.636. The monoisotopic (exact) mass is 196 g/mol. The van der Waals surface area contributed by atoms with Crippen molar-refractivity contribution >= 4 is 16.1 Å². The van der Waals surface area contributed by atoms with Gasteiger partial charge < -0.3 is 5.11 Å². The first-order valence-electron chi connectivity index (χ1n) is 3.46. The molecule has 5 nitrogen and oxygen atoms in total. The molecule has 0 aliphatic rings. The Morgan fingerprint density at radius 1 is 1.50 bits per heavy atom. The first kappa shape index (κ1) is 11.4. The molecule has 0 bridgehead atoms. The van der Waals surface area contributed by atoms with Crippen molar-refractivity contribution in [3.05, 3.63) is 0 Å². The van der Waals surface area contributed by atoms with Crippen molar-refractivity contribution in [2.45, 2.75) is 26.4 Å². The second kappa shape index (κ2) is 4.42. The van der Waals surface area contributed by atoms with Crippen molar-refractivity contribution in [1.82, 2.24) is 0 Å². The van der Waals surface area contributed by atoms with Crippen LogP contribution >= 0.6 is 0 Å². The van der Waals surface area contributed by atoms with E-state index in [0.29, 0.717) is 0 Å². The van der Waals surface area contributed by atoms with Crippen LogP contribution in [-0.4, -0.2) is 31.4 Å². The Bertz CT molecular complexity index is 241. The van der Waals surface area contributed by atoms with E-state index in [1.807, 2.05) is 0 Å². The van der Waals surface area contributed by atoms with E-state index < -0.39 is 34.4 Å². The summed E-state index contributed by atoms with van der Waals surface area (Å²) < 4.78 is 26.2. The van der Waals surface area contributed by atoms with Crippen LogP contribution in [0.5, 0.6) is 0 Å². The largest absolute Gasteiger partial charge is 0.481 e. The molecule has 0 unspecified atom stereocenters. The predicted molar refractivity (Wildman–Crippen MR) is 42.3 cm³/mol. The molecule has 0 fully saturated rings. The van der Waals surface area contributed by atoms with Gasteiger partial charge in [-0.05, 0) is 13.8 Å². The summed E-state index contributed by atoms with van der Waals surface area (Å²) in [7, 11) is -3.66. The summed E-state index contributed by atoms with van der Waals surface area (Å²) in [6.07, 6.45) is -0.863. The first-order valence-corrected chi connectivity index (χ1v) is 5.04. The molecule has 6 heteroatoms. The van der Waals surface area contributed by atoms with Crippen LogP contribution in [0, 0.1) is 0 Å². The van der Waals surface area contributed by atoms with Crippen LogP contribution in [0.2, 0.25) is 0 Å². The normalized spacial score (nSPS) is 11.9. The number of hydrogen-bond acceptors (Lipinski definition) is 4. The molecule has 0 atom stereocenters. The molecule has 0 aromatic rings. The molecule has 0 aliphatic heterocycles. The Balaban J connectivity index is 3.98. The van der Waals surface area contributed by atoms with Gasteiger partial charge in [-0.15, -0.1) is 0 Å². The lowest BCUT2D eigenvalue weighted by molar-refractivity contribution is -0.136. The lowest BCUT2D eigenvalue weighted by Gasteiger charge is -2.06. The lowest BCUT2D eigenvalue weighted by Crippen LogP contribution is -2.17. The number of hydrogen-bond donors (Lipinski definition) is 1. The maximum atomic E-state index is 10.9. The summed E-state index contributed by atoms with van der Waals surface area (Å²) in [5, 5.41) is 8.19. The molecule has 0 amide bonds. The van der Waals surface area contributed by atoms with E-state index in [-0.39, 0.29) is 0 Å². The summed E-state index contributed by atoms with van der Waals surface area (Å²) in [5.74, 6) is -1.62. The van der Waals surface area contributed by atoms with Gasteiger partial charge in [0.1, 0.15) is 0 Å². The Morgan fingerprint density at radius 3 is 2.33 bits per heavy atom. The van der Waals surface area contributed by atoms with E-state index in [4.69, 9.17) is 5.11 Å². The van der Waals surface area contributed by atoms with Gasteiger partial charge in [0.15, 0.2) is 0 Å². The highest BCUT2D eigenvalue weighted by Crippen LogP contribution is 2.00. The summed E-state index contributed by atoms with van der Waals surface area (Å²) in [5.41, 5.74) is 0. The molecule has 12 heavy (non-hydrogen) atoms. The smallest absolute Gasteiger partial charge is 0.304 e. The molecular formula is C6H12O5S. The molecule has 0 radical (unpaired) electrons. The highest BCUT2D eigenvalue weighted by Gasteiger charge is 2.14. The van der Waals surface area contributed by atoms with Crippen LogP contribution in [0.15, 0.2) is 0 Å². The Hall–Kier alpha value is -0.620. The van der Waals surface area contributed by atoms with Crippen molar-refractivity contribution in [1.29, 1.82) is 0 Å². The second-order valence-electron chi connectivity index (χ2n) is 2.55. The fourth-order valence-electron chi connectivity index (χ4n) is 0.554. The molecule has 0 heterocycles. The molecule has 0 rings (SSSR count). The topological polar surface area (TPSA) is 80.7 Å². The van der Waals surface area contributed by atoms with Gasteiger partial charge in [-0.2, -0.15) is 8.42 Å². The molecular weight excluding hydrogens is 184 g/mol. The fraction of sp³-hybridized carbons (Fsp3) is 0.833. The van der Waals surface area contributed by atoms with E-state index in [9.17, 15) is 13.2 Å². The number of rotatable bonds is 5. The SMILES string of the molecule is CC(C)OS(=O)(=O)CCC(=O)O. The van der Waals surface area contributed by atoms with Crippen molar-refractivity contribution in [3.63, 3.8) is 0 Å². The Labute approximate surface area is 71.5 Å². The van der Waals surface area contributed by atoms with Gasteiger partial charge in [0.05, 0.1) is 18.3 Å². The van der Waals surface area contributed by atoms with Crippen LogP contribution < -0.4 is 0 Å². The van der Waals surface area contributed by atoms with E-state index >= 15 is 0 Å². The third-order valence-corrected chi connectivity index (χ3v) is 2.29. The number of carbonyl (C=O) groups is 1. The van der Waals surface area contributed by atoms with Gasteiger partial charge in [0.2, 0.25) is 0 Å². The lowest BCUT2D eigenvalue weighted by atomic mass is 10.5. The Morgan fingerprint density at radius 2 is 2.00 bits per heavy atom. The molecule has 0 saturated carbocycles. The van der Waals surface area contributed by atoms with Crippen molar-refractivity contribution in [2.75, 3.05) is 5.75 Å². The van der Waals surface area contributed by atoms with Crippen molar-refractivity contribution in [3.8, 4) is 0 Å². The molecule has 0 saturated heterocycles. The van der Waals surface area contributed by atoms with Crippen LogP contribution in [0.25, 0.3) is 0 Å². The van der Waals surface area contributed by atoms with Crippen molar-refractivity contribution < 1.29 is 22.5 Å². The van der Waals surface area contributed by atoms with Gasteiger partial charge in [-0.1, -0.05) is 0 Å². The minimum atomic E-state index is -3.66. The fourth-order valence-corrected chi connectivity index (χ4v) is 1.66. The number of carboxylic acid groups (broad SMARTS) is 1. The zero-order valence-corrected chi connectivity index (χ0v) is 7.80. The van der Waals surface area contributed by atoms with Crippen LogP contribution in [0.4, 0.5) is 0 Å². The highest BCUT2D eigenvalue weighted by atomic mass is 32.2. The summed E-state index contributed by atoms with van der Waals surface area (Å²) in [6, 6.07) is 0. The second-order valence-corrected chi connectivity index (χ2v) is 4.27. The predicted octanol–water partition coefficient (Wildman–Crippen LogP) is 0.216. The Kier molecular flexibility index (Phi) is 4.19. The average molecular weight is 196 g/mol. The van der Waals surface area contributed by atoms with Gasteiger partial charge in [0, 0.05) is 0 Å². The van der Waals surface area contributed by atoms with Gasteiger partial charge in [0.25, 0.3) is 10.1 Å². The third kappa shape index (κ3) is 6.11. The third-order valence-electron chi connectivity index (χ3n) is 0.905. The van der Waals surface area contributed by atoms with E-state index in [1.165, 1.54) is 0 Å². The van der Waals surface area contributed by atoms with E-state index in [0.717, 1.165) is 0 Å². The molecule has 72 valence electrons. The number of aliphatic carboxylic acids is 1. The zero-order chi connectivity index (χ0) is 9.78. The standard InChI is InChI=1S/C6H12O5S/c1-5(2)11-12(9,10)4-3-6(7)8/h5H,3-4H2,1-2H3,(H,7,8). The maximum Gasteiger partial charge on any atom is 0.304 e. The van der Waals surface area contributed by atoms with Gasteiger partial charge >= 0.3 is 5.97 Å². The molecule has 0 aromatic carbocycles. The molecule has 0 aromatic heterocycles. The first-order chi connectivity index (χ1) is 5.33. The molecule has 0 spiro atoms. The minimum absolute atomic E-state index is 0.422. The van der Waals surface area contributed by atoms with E-state index in [2.05, 4.69) is 4.18 Å². The van der Waals surface area contributed by atoms with Crippen LogP contribution in [-0.2, 0) is 19.1 Å². The summed E-state index contributed by atoms with van der Waals surface area (Å²) in [6.45, 7) is 3.14. The molecule has 0 aliphatic carbocycles. The summed E-state index contributed by atoms with van der Waals surface area (Å²) in [4.78, 5) is 10.0. The van der Waals surface area contributed by atoms with Crippen LogP contribution in [0.1, 0.15) is 20.3 Å². The minimum Gasteiger partial charge on any atom is -0.481 e. The highest BCUT2D eigenvalue weighted by molar-refractivity contribution is 7.86. The van der Waals surface area contributed by atoms with Crippen molar-refractivity contribution in [2.24, 2.45) is 0 Å². The molecule has 1 N–H and O–H groups in total. The number of carboxylic acids is 1. The van der Waals surface area contributed by atoms with E-state index in [1.54, 1.807) is 13.8 Å².